The van der Waals surface area contributed by atoms with Gasteiger partial charge in [-0.3, -0.25) is 4.79 Å². The summed E-state index contributed by atoms with van der Waals surface area (Å²) in [5.74, 6) is -0.317. The molecule has 0 aliphatic carbocycles. The van der Waals surface area contributed by atoms with E-state index in [1.54, 1.807) is 12.1 Å². The van der Waals surface area contributed by atoms with E-state index in [1.165, 1.54) is 16.4 Å². The molecule has 2 aromatic rings. The third kappa shape index (κ3) is 3.73. The van der Waals surface area contributed by atoms with Crippen molar-refractivity contribution >= 4 is 49.1 Å². The van der Waals surface area contributed by atoms with Crippen LogP contribution in [0.3, 0.4) is 0 Å². The molecule has 1 saturated heterocycles. The molecule has 0 unspecified atom stereocenters. The van der Waals surface area contributed by atoms with Gasteiger partial charge in [0.05, 0.1) is 10.8 Å². The number of hydrogen-bond donors (Lipinski definition) is 0. The van der Waals surface area contributed by atoms with Gasteiger partial charge in [-0.05, 0) is 67.3 Å². The number of carbonyl (C=O) groups excluding carboxylic acids is 1. The van der Waals surface area contributed by atoms with Gasteiger partial charge >= 0.3 is 0 Å². The van der Waals surface area contributed by atoms with Gasteiger partial charge in [-0.25, -0.2) is 8.42 Å². The number of halogens is 2. The van der Waals surface area contributed by atoms with Crippen molar-refractivity contribution in [3.63, 3.8) is 0 Å². The van der Waals surface area contributed by atoms with Crippen molar-refractivity contribution in [1.29, 1.82) is 0 Å². The summed E-state index contributed by atoms with van der Waals surface area (Å²) in [4.78, 5) is 15.2. The van der Waals surface area contributed by atoms with E-state index in [-0.39, 0.29) is 23.3 Å². The lowest BCUT2D eigenvalue weighted by Gasteiger charge is -2.33. The van der Waals surface area contributed by atoms with Crippen molar-refractivity contribution in [2.75, 3.05) is 24.5 Å². The molecular formula is C20H20BrClN2O3S. The van der Waals surface area contributed by atoms with Crippen LogP contribution in [0.25, 0.3) is 0 Å². The molecule has 5 nitrogen and oxygen atoms in total. The van der Waals surface area contributed by atoms with Crippen LogP contribution in [0.15, 0.2) is 51.8 Å². The third-order valence-electron chi connectivity index (χ3n) is 5.39. The van der Waals surface area contributed by atoms with Crippen molar-refractivity contribution in [1.82, 2.24) is 4.31 Å². The predicted molar refractivity (Wildman–Crippen MR) is 113 cm³/mol. The lowest BCUT2D eigenvalue weighted by atomic mass is 9.98. The van der Waals surface area contributed by atoms with Crippen LogP contribution in [0.2, 0.25) is 5.02 Å². The summed E-state index contributed by atoms with van der Waals surface area (Å²) in [6, 6.07) is 12.1. The van der Waals surface area contributed by atoms with Gasteiger partial charge in [0.1, 0.15) is 0 Å². The van der Waals surface area contributed by atoms with Crippen LogP contribution >= 0.6 is 27.5 Å². The Labute approximate surface area is 178 Å². The molecule has 0 bridgehead atoms. The largest absolute Gasteiger partial charge is 0.312 e. The van der Waals surface area contributed by atoms with Gasteiger partial charge in [-0.1, -0.05) is 27.5 Å². The maximum absolute atomic E-state index is 13.2. The lowest BCUT2D eigenvalue weighted by Crippen LogP contribution is -2.46. The van der Waals surface area contributed by atoms with Gasteiger partial charge in [-0.2, -0.15) is 4.31 Å². The van der Waals surface area contributed by atoms with Crippen LogP contribution < -0.4 is 4.90 Å². The normalized spacial score (nSPS) is 20.2. The van der Waals surface area contributed by atoms with Crippen LogP contribution in [0.4, 0.5) is 5.69 Å². The molecule has 2 aliphatic rings. The number of sulfonamides is 1. The van der Waals surface area contributed by atoms with Gasteiger partial charge < -0.3 is 4.90 Å². The third-order valence-corrected chi connectivity index (χ3v) is 8.01. The zero-order chi connectivity index (χ0) is 19.9. The molecule has 0 spiro atoms. The van der Waals surface area contributed by atoms with E-state index in [0.29, 0.717) is 31.0 Å². The minimum Gasteiger partial charge on any atom is -0.312 e. The summed E-state index contributed by atoms with van der Waals surface area (Å²) in [5, 5.41) is 0.491. The molecule has 8 heteroatoms. The molecule has 1 atom stereocenters. The first-order valence-electron chi connectivity index (χ1n) is 9.22. The molecular weight excluding hydrogens is 464 g/mol. The Kier molecular flexibility index (Phi) is 5.53. The summed E-state index contributed by atoms with van der Waals surface area (Å²) >= 11 is 9.34. The highest BCUT2D eigenvalue weighted by Crippen LogP contribution is 2.33. The number of nitrogens with zero attached hydrogens (tertiary/aromatic N) is 2. The molecule has 2 aromatic carbocycles. The number of amides is 1. The van der Waals surface area contributed by atoms with Crippen LogP contribution in [0.1, 0.15) is 18.4 Å². The molecule has 0 radical (unpaired) electrons. The quantitative estimate of drug-likeness (QED) is 0.661. The van der Waals surface area contributed by atoms with E-state index in [0.717, 1.165) is 22.1 Å². The summed E-state index contributed by atoms with van der Waals surface area (Å²) < 4.78 is 28.4. The van der Waals surface area contributed by atoms with Gasteiger partial charge in [0.15, 0.2) is 0 Å². The first-order valence-corrected chi connectivity index (χ1v) is 11.8. The number of anilines is 1. The van der Waals surface area contributed by atoms with Crippen molar-refractivity contribution in [2.24, 2.45) is 5.92 Å². The van der Waals surface area contributed by atoms with Crippen LogP contribution in [0, 0.1) is 5.92 Å². The maximum atomic E-state index is 13.2. The Bertz CT molecular complexity index is 1010. The SMILES string of the molecule is O=C([C@@H]1CCCN(S(=O)(=O)c2ccc(Cl)cc2)C1)N1CCc2cc(Br)ccc21. The molecule has 1 fully saturated rings. The highest BCUT2D eigenvalue weighted by molar-refractivity contribution is 9.10. The average Bonchev–Trinajstić information content (AvgIpc) is 3.10. The number of hydrogen-bond acceptors (Lipinski definition) is 3. The molecule has 28 heavy (non-hydrogen) atoms. The molecule has 0 aromatic heterocycles. The first-order chi connectivity index (χ1) is 13.4. The number of carbonyl (C=O) groups is 1. The van der Waals surface area contributed by atoms with Gasteiger partial charge in [0.2, 0.25) is 15.9 Å². The molecule has 0 saturated carbocycles. The average molecular weight is 484 g/mol. The van der Waals surface area contributed by atoms with Crippen molar-refractivity contribution in [3.05, 3.63) is 57.5 Å². The van der Waals surface area contributed by atoms with E-state index < -0.39 is 10.0 Å². The fourth-order valence-electron chi connectivity index (χ4n) is 3.94. The first kappa shape index (κ1) is 19.9. The monoisotopic (exact) mass is 482 g/mol. The van der Waals surface area contributed by atoms with Crippen molar-refractivity contribution < 1.29 is 13.2 Å². The highest BCUT2D eigenvalue weighted by Gasteiger charge is 2.37. The Balaban J connectivity index is 1.53. The molecule has 4 rings (SSSR count). The second-order valence-electron chi connectivity index (χ2n) is 7.17. The maximum Gasteiger partial charge on any atom is 0.243 e. The van der Waals surface area contributed by atoms with Gasteiger partial charge in [0, 0.05) is 34.8 Å². The second kappa shape index (κ2) is 7.78. The van der Waals surface area contributed by atoms with Gasteiger partial charge in [0.25, 0.3) is 0 Å². The van der Waals surface area contributed by atoms with Crippen LogP contribution in [-0.2, 0) is 21.2 Å². The van der Waals surface area contributed by atoms with Crippen molar-refractivity contribution in [2.45, 2.75) is 24.2 Å². The molecule has 2 aliphatic heterocycles. The predicted octanol–water partition coefficient (Wildman–Crippen LogP) is 4.09. The fourth-order valence-corrected chi connectivity index (χ4v) is 6.00. The topological polar surface area (TPSA) is 57.7 Å². The number of fused-ring (bicyclic) bond motifs is 1. The second-order valence-corrected chi connectivity index (χ2v) is 10.5. The van der Waals surface area contributed by atoms with E-state index in [2.05, 4.69) is 15.9 Å². The Morgan fingerprint density at radius 1 is 1.11 bits per heavy atom. The van der Waals surface area contributed by atoms with E-state index in [4.69, 9.17) is 11.6 Å². The standard InChI is InChI=1S/C20H20BrClN2O3S/c21-16-3-8-19-14(12-16)9-11-24(19)20(25)15-2-1-10-23(13-15)28(26,27)18-6-4-17(22)5-7-18/h3-8,12,15H,1-2,9-11,13H2/t15-/m1/s1. The van der Waals surface area contributed by atoms with E-state index in [9.17, 15) is 13.2 Å². The minimum atomic E-state index is -3.64. The van der Waals surface area contributed by atoms with Gasteiger partial charge in [-0.15, -0.1) is 0 Å². The minimum absolute atomic E-state index is 0.0112. The van der Waals surface area contributed by atoms with E-state index >= 15 is 0 Å². The number of rotatable bonds is 3. The molecule has 0 N–H and O–H groups in total. The Morgan fingerprint density at radius 3 is 2.61 bits per heavy atom. The highest BCUT2D eigenvalue weighted by atomic mass is 79.9. The fraction of sp³-hybridized carbons (Fsp3) is 0.350. The van der Waals surface area contributed by atoms with Crippen molar-refractivity contribution in [3.8, 4) is 0 Å². The van der Waals surface area contributed by atoms with Crippen LogP contribution in [0.5, 0.6) is 0 Å². The molecule has 2 heterocycles. The lowest BCUT2D eigenvalue weighted by molar-refractivity contribution is -0.123. The molecule has 1 amide bonds. The Morgan fingerprint density at radius 2 is 1.86 bits per heavy atom. The zero-order valence-corrected chi connectivity index (χ0v) is 18.3. The van der Waals surface area contributed by atoms with Crippen LogP contribution in [-0.4, -0.2) is 38.3 Å². The molecule has 148 valence electrons. The summed E-state index contributed by atoms with van der Waals surface area (Å²) in [5.41, 5.74) is 2.08. The Hall–Kier alpha value is -1.41. The zero-order valence-electron chi connectivity index (χ0n) is 15.1. The summed E-state index contributed by atoms with van der Waals surface area (Å²) in [6.45, 7) is 1.29. The van der Waals surface area contributed by atoms with E-state index in [1.807, 2.05) is 23.1 Å². The smallest absolute Gasteiger partial charge is 0.243 e. The number of piperidine rings is 1. The summed E-state index contributed by atoms with van der Waals surface area (Å²) in [6.07, 6.45) is 2.19. The summed E-state index contributed by atoms with van der Waals surface area (Å²) in [7, 11) is -3.64. The number of benzene rings is 2.